The molecule has 1 rings (SSSR count). The van der Waals surface area contributed by atoms with Crippen molar-refractivity contribution in [2.45, 2.75) is 48.9 Å². The van der Waals surface area contributed by atoms with Gasteiger partial charge >= 0.3 is 5.97 Å². The van der Waals surface area contributed by atoms with Crippen molar-refractivity contribution in [2.24, 2.45) is 5.41 Å². The van der Waals surface area contributed by atoms with Gasteiger partial charge in [-0.05, 0) is 39.9 Å². The van der Waals surface area contributed by atoms with E-state index >= 15 is 0 Å². The summed E-state index contributed by atoms with van der Waals surface area (Å²) in [6, 6.07) is 0. The number of carboxylic acid groups (broad SMARTS) is 1. The summed E-state index contributed by atoms with van der Waals surface area (Å²) in [5.41, 5.74) is -0.781. The van der Waals surface area contributed by atoms with Crippen molar-refractivity contribution >= 4 is 43.0 Å². The van der Waals surface area contributed by atoms with Crippen LogP contribution >= 0.6 is 37.0 Å². The molecule has 1 aliphatic heterocycles. The summed E-state index contributed by atoms with van der Waals surface area (Å²) in [7, 11) is 0. The number of carbonyl (C=O) groups is 1. The summed E-state index contributed by atoms with van der Waals surface area (Å²) in [4.78, 5) is 11.8. The molecule has 1 aliphatic rings. The number of thiol groups is 2. The van der Waals surface area contributed by atoms with Gasteiger partial charge in [0.15, 0.2) is 0 Å². The number of hydrogen-bond donors (Lipinski definition) is 3. The van der Waals surface area contributed by atoms with Gasteiger partial charge < -0.3 is 5.11 Å². The van der Waals surface area contributed by atoms with Crippen LogP contribution in [0.3, 0.4) is 0 Å². The lowest BCUT2D eigenvalue weighted by molar-refractivity contribution is -0.154. The molecule has 1 heterocycles. The van der Waals surface area contributed by atoms with Gasteiger partial charge in [-0.1, -0.05) is 0 Å². The van der Waals surface area contributed by atoms with Crippen molar-refractivity contribution in [1.29, 1.82) is 0 Å². The van der Waals surface area contributed by atoms with E-state index in [1.54, 1.807) is 11.8 Å². The monoisotopic (exact) mass is 280 g/mol. The van der Waals surface area contributed by atoms with Crippen LogP contribution in [0.25, 0.3) is 0 Å². The van der Waals surface area contributed by atoms with Crippen LogP contribution in [0, 0.1) is 5.41 Å². The Hall–Kier alpha value is 0.520. The van der Waals surface area contributed by atoms with Crippen molar-refractivity contribution < 1.29 is 9.90 Å². The molecule has 1 saturated heterocycles. The van der Waals surface area contributed by atoms with E-state index in [2.05, 4.69) is 25.3 Å². The lowest BCUT2D eigenvalue weighted by Crippen LogP contribution is -2.72. The first-order valence-corrected chi connectivity index (χ1v) is 7.32. The molecule has 0 aliphatic carbocycles. The fraction of sp³-hybridized carbons (Fsp3) is 0.909. The molecule has 94 valence electrons. The van der Waals surface area contributed by atoms with Gasteiger partial charge in [0.1, 0.15) is 5.41 Å². The first-order valence-electron chi connectivity index (χ1n) is 5.36. The average molecular weight is 280 g/mol. The van der Waals surface area contributed by atoms with Crippen LogP contribution in [0.4, 0.5) is 0 Å². The summed E-state index contributed by atoms with van der Waals surface area (Å²) in [6.07, 6.45) is 0.714. The molecule has 1 unspecified atom stereocenters. The minimum absolute atomic E-state index is 0.159. The Morgan fingerprint density at radius 1 is 1.31 bits per heavy atom. The smallest absolute Gasteiger partial charge is 0.313 e. The summed E-state index contributed by atoms with van der Waals surface area (Å²) in [5, 5.41) is 9.51. The molecule has 1 N–H and O–H groups in total. The quantitative estimate of drug-likeness (QED) is 0.693. The number of aliphatic carboxylic acids is 1. The standard InChI is InChI=1S/C11H20O2S3/c1-9(2)11(8(12)13,7(15)5-6-14)10(3,4)16-9/h7,14-15H,5-6H2,1-4H3,(H,12,13). The number of hydrogen-bond acceptors (Lipinski definition) is 4. The van der Waals surface area contributed by atoms with Gasteiger partial charge in [0, 0.05) is 14.7 Å². The van der Waals surface area contributed by atoms with Gasteiger partial charge in [0.2, 0.25) is 0 Å². The summed E-state index contributed by atoms with van der Waals surface area (Å²) in [6.45, 7) is 8.00. The molecule has 2 nitrogen and oxygen atoms in total. The van der Waals surface area contributed by atoms with E-state index in [4.69, 9.17) is 0 Å². The highest BCUT2D eigenvalue weighted by molar-refractivity contribution is 8.03. The fourth-order valence-corrected chi connectivity index (χ4v) is 7.21. The van der Waals surface area contributed by atoms with Gasteiger partial charge in [-0.2, -0.15) is 25.3 Å². The van der Waals surface area contributed by atoms with Gasteiger partial charge in [-0.25, -0.2) is 0 Å². The molecule has 0 bridgehead atoms. The summed E-state index contributed by atoms with van der Waals surface area (Å²) in [5.74, 6) is -0.0666. The van der Waals surface area contributed by atoms with Gasteiger partial charge in [-0.15, -0.1) is 11.8 Å². The Balaban J connectivity index is 3.19. The second kappa shape index (κ2) is 4.32. The molecule has 0 aromatic carbocycles. The van der Waals surface area contributed by atoms with Crippen molar-refractivity contribution in [1.82, 2.24) is 0 Å². The highest BCUT2D eigenvalue weighted by Crippen LogP contribution is 2.70. The minimum Gasteiger partial charge on any atom is -0.481 e. The lowest BCUT2D eigenvalue weighted by atomic mass is 9.63. The molecular weight excluding hydrogens is 260 g/mol. The molecule has 1 atom stereocenters. The third-order valence-electron chi connectivity index (χ3n) is 3.65. The lowest BCUT2D eigenvalue weighted by Gasteiger charge is -2.66. The Bertz CT molecular complexity index is 286. The normalized spacial score (nSPS) is 26.9. The summed E-state index contributed by atoms with van der Waals surface area (Å²) < 4.78 is -0.560. The molecule has 0 aromatic heterocycles. The van der Waals surface area contributed by atoms with E-state index in [0.717, 1.165) is 0 Å². The third kappa shape index (κ3) is 1.70. The predicted molar refractivity (Wildman–Crippen MR) is 77.1 cm³/mol. The first kappa shape index (κ1) is 14.6. The predicted octanol–water partition coefficient (Wildman–Crippen LogP) is 2.98. The van der Waals surface area contributed by atoms with Crippen LogP contribution < -0.4 is 0 Å². The van der Waals surface area contributed by atoms with E-state index in [9.17, 15) is 9.90 Å². The average Bonchev–Trinajstić information content (AvgIpc) is 1.98. The maximum absolute atomic E-state index is 11.8. The van der Waals surface area contributed by atoms with Crippen molar-refractivity contribution in [2.75, 3.05) is 5.75 Å². The maximum Gasteiger partial charge on any atom is 0.313 e. The first-order chi connectivity index (χ1) is 7.13. The summed E-state index contributed by atoms with van der Waals surface area (Å²) >= 11 is 10.5. The zero-order valence-corrected chi connectivity index (χ0v) is 12.8. The van der Waals surface area contributed by atoms with Crippen LogP contribution in [0.5, 0.6) is 0 Å². The van der Waals surface area contributed by atoms with Gasteiger partial charge in [-0.3, -0.25) is 4.79 Å². The molecule has 1 fully saturated rings. The number of thioether (sulfide) groups is 1. The molecule has 0 radical (unpaired) electrons. The Morgan fingerprint density at radius 2 is 1.75 bits per heavy atom. The van der Waals surface area contributed by atoms with Crippen LogP contribution in [0.2, 0.25) is 0 Å². The zero-order chi connectivity index (χ0) is 12.8. The molecule has 5 heteroatoms. The van der Waals surface area contributed by atoms with Crippen molar-refractivity contribution in [3.63, 3.8) is 0 Å². The Labute approximate surface area is 113 Å². The minimum atomic E-state index is -0.781. The Morgan fingerprint density at radius 3 is 2.00 bits per heavy atom. The fourth-order valence-electron chi connectivity index (χ4n) is 3.28. The molecule has 16 heavy (non-hydrogen) atoms. The highest BCUT2D eigenvalue weighted by Gasteiger charge is 2.73. The Kier molecular flexibility index (Phi) is 3.94. The number of carboxylic acids is 1. The van der Waals surface area contributed by atoms with Crippen LogP contribution in [-0.2, 0) is 4.79 Å². The van der Waals surface area contributed by atoms with Crippen LogP contribution in [0.15, 0.2) is 0 Å². The van der Waals surface area contributed by atoms with E-state index in [0.29, 0.717) is 12.2 Å². The second-order valence-corrected chi connectivity index (χ2v) is 8.58. The molecular formula is C11H20O2S3. The van der Waals surface area contributed by atoms with Crippen molar-refractivity contribution in [3.05, 3.63) is 0 Å². The van der Waals surface area contributed by atoms with E-state index < -0.39 is 11.4 Å². The molecule has 0 spiro atoms. The van der Waals surface area contributed by atoms with E-state index in [1.165, 1.54) is 0 Å². The topological polar surface area (TPSA) is 37.3 Å². The van der Waals surface area contributed by atoms with Gasteiger partial charge in [0.05, 0.1) is 0 Å². The zero-order valence-electron chi connectivity index (χ0n) is 10.1. The second-order valence-electron chi connectivity index (χ2n) is 5.26. The maximum atomic E-state index is 11.8. The number of rotatable bonds is 4. The highest BCUT2D eigenvalue weighted by atomic mass is 32.2. The third-order valence-corrected chi connectivity index (χ3v) is 6.22. The van der Waals surface area contributed by atoms with Crippen molar-refractivity contribution in [3.8, 4) is 0 Å². The van der Waals surface area contributed by atoms with Crippen LogP contribution in [0.1, 0.15) is 34.1 Å². The SMILES string of the molecule is CC1(C)SC(C)(C)C1(C(=O)O)C(S)CCS. The molecule has 0 saturated carbocycles. The molecule has 0 amide bonds. The van der Waals surface area contributed by atoms with E-state index in [1.807, 2.05) is 27.7 Å². The van der Waals surface area contributed by atoms with Gasteiger partial charge in [0.25, 0.3) is 0 Å². The largest absolute Gasteiger partial charge is 0.481 e. The van der Waals surface area contributed by atoms with E-state index in [-0.39, 0.29) is 14.7 Å². The van der Waals surface area contributed by atoms with Crippen LogP contribution in [-0.4, -0.2) is 31.6 Å². The molecule has 0 aromatic rings.